The summed E-state index contributed by atoms with van der Waals surface area (Å²) < 4.78 is 0. The Hall–Kier alpha value is -1.47. The molecule has 1 heteroatoms. The number of allylic oxidation sites excluding steroid dienone is 5. The third-order valence-electron chi connectivity index (χ3n) is 5.77. The normalized spacial score (nSPS) is 16.4. The van der Waals surface area contributed by atoms with Crippen LogP contribution in [0.15, 0.2) is 78.9 Å². The van der Waals surface area contributed by atoms with Gasteiger partial charge < -0.3 is 0 Å². The molecule has 2 aliphatic rings. The van der Waals surface area contributed by atoms with Gasteiger partial charge >= 0.3 is 0 Å². The van der Waals surface area contributed by atoms with Crippen LogP contribution in [0.1, 0.15) is 42.9 Å². The van der Waals surface area contributed by atoms with Crippen molar-refractivity contribution >= 4 is 0 Å². The molecule has 0 aromatic heterocycles. The molecule has 0 amide bonds. The summed E-state index contributed by atoms with van der Waals surface area (Å²) in [5, 5.41) is 0. The van der Waals surface area contributed by atoms with Crippen LogP contribution in [0.3, 0.4) is 0 Å². The van der Waals surface area contributed by atoms with Crippen molar-refractivity contribution in [3.63, 3.8) is 0 Å². The van der Waals surface area contributed by atoms with Crippen LogP contribution in [-0.2, 0) is 37.7 Å². The summed E-state index contributed by atoms with van der Waals surface area (Å²) in [6.45, 7) is 6.38. The summed E-state index contributed by atoms with van der Waals surface area (Å²) in [4.78, 5) is 0. The molecule has 25 heavy (non-hydrogen) atoms. The summed E-state index contributed by atoms with van der Waals surface area (Å²) in [6.07, 6.45) is 13.2. The summed E-state index contributed by atoms with van der Waals surface area (Å²) in [7, 11) is 0. The molecule has 4 rings (SSSR count). The fraction of sp³-hybridized carbons (Fsp3) is 0.250. The SMILES string of the molecule is C=CCCC(C)(C1=CC=CC1)c1cccc2c1Cc1ccccc1-2.[Hf]. The molecule has 1 atom stereocenters. The molecule has 0 N–H and O–H groups in total. The van der Waals surface area contributed by atoms with Crippen molar-refractivity contribution in [3.8, 4) is 11.1 Å². The predicted molar refractivity (Wildman–Crippen MR) is 103 cm³/mol. The molecule has 124 valence electrons. The summed E-state index contributed by atoms with van der Waals surface area (Å²) >= 11 is 0. The van der Waals surface area contributed by atoms with Crippen molar-refractivity contribution in [1.29, 1.82) is 0 Å². The van der Waals surface area contributed by atoms with Crippen LogP contribution in [-0.4, -0.2) is 0 Å². The second-order valence-electron chi connectivity index (χ2n) is 7.15. The molecule has 2 aromatic carbocycles. The van der Waals surface area contributed by atoms with Crippen LogP contribution in [0.5, 0.6) is 0 Å². The summed E-state index contributed by atoms with van der Waals surface area (Å²) in [5.74, 6) is 0. The average Bonchev–Trinajstić information content (AvgIpc) is 3.27. The molecule has 0 saturated carbocycles. The fourth-order valence-electron chi connectivity index (χ4n) is 4.39. The molecule has 1 unspecified atom stereocenters. The smallest absolute Gasteiger partial charge is 0.0145 e. The summed E-state index contributed by atoms with van der Waals surface area (Å²) in [5.41, 5.74) is 8.97. The molecule has 0 saturated heterocycles. The first-order valence-electron chi connectivity index (χ1n) is 8.92. The Kier molecular flexibility index (Phi) is 5.44. The predicted octanol–water partition coefficient (Wildman–Crippen LogP) is 6.37. The standard InChI is InChI=1S/C24H24.Hf/c1-3-4-16-24(2,19-11-6-7-12-19)23-15-9-14-21-20-13-8-5-10-18(20)17-22(21)23;/h3,5-11,13-15H,1,4,12,16-17H2,2H3;. The summed E-state index contributed by atoms with van der Waals surface area (Å²) in [6, 6.07) is 15.7. The molecule has 0 nitrogen and oxygen atoms in total. The van der Waals surface area contributed by atoms with Gasteiger partial charge in [-0.15, -0.1) is 6.58 Å². The van der Waals surface area contributed by atoms with Gasteiger partial charge in [0, 0.05) is 31.3 Å². The van der Waals surface area contributed by atoms with Gasteiger partial charge in [-0.05, 0) is 53.5 Å². The Morgan fingerprint density at radius 3 is 2.64 bits per heavy atom. The zero-order chi connectivity index (χ0) is 16.6. The monoisotopic (exact) mass is 492 g/mol. The molecule has 0 heterocycles. The van der Waals surface area contributed by atoms with E-state index < -0.39 is 0 Å². The van der Waals surface area contributed by atoms with Crippen molar-refractivity contribution in [2.24, 2.45) is 0 Å². The molecule has 0 bridgehead atoms. The second kappa shape index (κ2) is 7.41. The largest absolute Gasteiger partial charge is 0.103 e. The van der Waals surface area contributed by atoms with E-state index in [0.717, 1.165) is 25.7 Å². The molecule has 0 spiro atoms. The Morgan fingerprint density at radius 2 is 1.88 bits per heavy atom. The number of fused-ring (bicyclic) bond motifs is 3. The maximum Gasteiger partial charge on any atom is 0.0145 e. The minimum atomic E-state index is 0. The maximum absolute atomic E-state index is 3.95. The van der Waals surface area contributed by atoms with Gasteiger partial charge in [0.2, 0.25) is 0 Å². The number of benzene rings is 2. The van der Waals surface area contributed by atoms with E-state index in [2.05, 4.69) is 80.3 Å². The Labute approximate surface area is 170 Å². The van der Waals surface area contributed by atoms with Crippen molar-refractivity contribution < 1.29 is 25.8 Å². The van der Waals surface area contributed by atoms with Crippen LogP contribution in [0.4, 0.5) is 0 Å². The second-order valence-corrected chi connectivity index (χ2v) is 7.15. The van der Waals surface area contributed by atoms with E-state index in [1.165, 1.54) is 33.4 Å². The van der Waals surface area contributed by atoms with Gasteiger partial charge in [0.25, 0.3) is 0 Å². The number of hydrogen-bond donors (Lipinski definition) is 0. The number of hydrogen-bond acceptors (Lipinski definition) is 0. The van der Waals surface area contributed by atoms with Gasteiger partial charge in [-0.2, -0.15) is 0 Å². The first-order valence-corrected chi connectivity index (χ1v) is 8.92. The van der Waals surface area contributed by atoms with E-state index in [1.807, 2.05) is 0 Å². The van der Waals surface area contributed by atoms with Crippen LogP contribution >= 0.6 is 0 Å². The third-order valence-corrected chi connectivity index (χ3v) is 5.77. The van der Waals surface area contributed by atoms with E-state index in [4.69, 9.17) is 0 Å². The van der Waals surface area contributed by atoms with Gasteiger partial charge in [-0.1, -0.05) is 79.3 Å². The van der Waals surface area contributed by atoms with Gasteiger partial charge in [0.05, 0.1) is 0 Å². The third kappa shape index (κ3) is 3.08. The van der Waals surface area contributed by atoms with Crippen LogP contribution in [0.25, 0.3) is 11.1 Å². The molecule has 2 aliphatic carbocycles. The minimum absolute atomic E-state index is 0. The van der Waals surface area contributed by atoms with Gasteiger partial charge in [0.15, 0.2) is 0 Å². The van der Waals surface area contributed by atoms with Crippen LogP contribution < -0.4 is 0 Å². The van der Waals surface area contributed by atoms with Crippen LogP contribution in [0, 0.1) is 0 Å². The molecular weight excluding hydrogens is 467 g/mol. The molecule has 0 radical (unpaired) electrons. The number of rotatable bonds is 5. The maximum atomic E-state index is 3.95. The van der Waals surface area contributed by atoms with Gasteiger partial charge in [-0.3, -0.25) is 0 Å². The van der Waals surface area contributed by atoms with Crippen molar-refractivity contribution in [2.75, 3.05) is 0 Å². The Bertz CT molecular complexity index is 856. The topological polar surface area (TPSA) is 0 Å². The molecule has 0 aliphatic heterocycles. The van der Waals surface area contributed by atoms with E-state index in [0.29, 0.717) is 0 Å². The first-order chi connectivity index (χ1) is 11.7. The van der Waals surface area contributed by atoms with E-state index in [1.54, 1.807) is 0 Å². The van der Waals surface area contributed by atoms with Gasteiger partial charge in [0.1, 0.15) is 0 Å². The zero-order valence-corrected chi connectivity index (χ0v) is 18.5. The van der Waals surface area contributed by atoms with E-state index >= 15 is 0 Å². The molecular formula is C24H24Hf. The molecule has 0 fully saturated rings. The Balaban J connectivity index is 0.00000182. The van der Waals surface area contributed by atoms with Gasteiger partial charge in [-0.25, -0.2) is 0 Å². The van der Waals surface area contributed by atoms with E-state index in [-0.39, 0.29) is 31.3 Å². The van der Waals surface area contributed by atoms with E-state index in [9.17, 15) is 0 Å². The van der Waals surface area contributed by atoms with Crippen LogP contribution in [0.2, 0.25) is 0 Å². The average molecular weight is 491 g/mol. The fourth-order valence-corrected chi connectivity index (χ4v) is 4.39. The van der Waals surface area contributed by atoms with Crippen molar-refractivity contribution in [2.45, 2.75) is 38.0 Å². The quantitative estimate of drug-likeness (QED) is 0.288. The van der Waals surface area contributed by atoms with Crippen molar-refractivity contribution in [3.05, 3.63) is 95.6 Å². The van der Waals surface area contributed by atoms with Crippen molar-refractivity contribution in [1.82, 2.24) is 0 Å². The zero-order valence-electron chi connectivity index (χ0n) is 14.9. The molecule has 2 aromatic rings. The minimum Gasteiger partial charge on any atom is -0.103 e. The first kappa shape index (κ1) is 18.3. The Morgan fingerprint density at radius 1 is 1.08 bits per heavy atom.